The van der Waals surface area contributed by atoms with Gasteiger partial charge in [0.15, 0.2) is 0 Å². The molecule has 1 nitrogen and oxygen atoms in total. The molecule has 0 aromatic heterocycles. The van der Waals surface area contributed by atoms with Crippen LogP contribution in [0.25, 0.3) is 0 Å². The number of anilines is 1. The lowest BCUT2D eigenvalue weighted by Gasteiger charge is -2.30. The van der Waals surface area contributed by atoms with Crippen molar-refractivity contribution in [2.45, 2.75) is 37.6 Å². The van der Waals surface area contributed by atoms with Crippen LogP contribution >= 0.6 is 0 Å². The van der Waals surface area contributed by atoms with Crippen LogP contribution in [0.3, 0.4) is 0 Å². The fraction of sp³-hybridized carbons (Fsp3) is 0.500. The van der Waals surface area contributed by atoms with Gasteiger partial charge < -0.3 is 4.90 Å². The average molecular weight is 225 g/mol. The average Bonchev–Trinajstić information content (AvgIpc) is 3.02. The standard InChI is InChI=1S/C16H19N/c1-17-13-7-3-2-6-12(13)15-14(17)8-11-16(15)9-4-5-10-16/h2-4,6-7,9,14-15H,5,8,10-11H2,1H3. The Hall–Kier alpha value is -1.24. The van der Waals surface area contributed by atoms with Crippen LogP contribution < -0.4 is 4.90 Å². The molecule has 0 amide bonds. The van der Waals surface area contributed by atoms with Gasteiger partial charge in [0, 0.05) is 24.7 Å². The Kier molecular flexibility index (Phi) is 1.81. The number of nitrogens with zero attached hydrogens (tertiary/aromatic N) is 1. The first kappa shape index (κ1) is 9.76. The molecule has 0 N–H and O–H groups in total. The van der Waals surface area contributed by atoms with Crippen molar-refractivity contribution in [1.29, 1.82) is 0 Å². The van der Waals surface area contributed by atoms with Gasteiger partial charge in [0.2, 0.25) is 0 Å². The van der Waals surface area contributed by atoms with E-state index in [4.69, 9.17) is 0 Å². The van der Waals surface area contributed by atoms with E-state index in [1.165, 1.54) is 31.4 Å². The third kappa shape index (κ3) is 1.10. The first-order valence-electron chi connectivity index (χ1n) is 6.81. The number of hydrogen-bond acceptors (Lipinski definition) is 1. The van der Waals surface area contributed by atoms with E-state index in [9.17, 15) is 0 Å². The monoisotopic (exact) mass is 225 g/mol. The van der Waals surface area contributed by atoms with E-state index >= 15 is 0 Å². The minimum atomic E-state index is 0.492. The van der Waals surface area contributed by atoms with Gasteiger partial charge in [-0.25, -0.2) is 0 Å². The molecule has 1 aromatic carbocycles. The smallest absolute Gasteiger partial charge is 0.0402 e. The molecular weight excluding hydrogens is 206 g/mol. The molecule has 3 unspecified atom stereocenters. The summed E-state index contributed by atoms with van der Waals surface area (Å²) in [5, 5.41) is 0. The molecule has 1 aliphatic heterocycles. The summed E-state index contributed by atoms with van der Waals surface area (Å²) in [5.74, 6) is 0.752. The van der Waals surface area contributed by atoms with E-state index in [-0.39, 0.29) is 0 Å². The zero-order valence-corrected chi connectivity index (χ0v) is 10.4. The summed E-state index contributed by atoms with van der Waals surface area (Å²) in [6.07, 6.45) is 10.3. The Morgan fingerprint density at radius 2 is 2.12 bits per heavy atom. The van der Waals surface area contributed by atoms with Gasteiger partial charge in [0.1, 0.15) is 0 Å². The van der Waals surface area contributed by atoms with Gasteiger partial charge in [0.05, 0.1) is 0 Å². The van der Waals surface area contributed by atoms with E-state index in [1.54, 1.807) is 5.56 Å². The number of para-hydroxylation sites is 1. The van der Waals surface area contributed by atoms with Crippen LogP contribution in [0.1, 0.15) is 37.2 Å². The highest BCUT2D eigenvalue weighted by atomic mass is 15.2. The Morgan fingerprint density at radius 1 is 1.24 bits per heavy atom. The molecule has 1 saturated carbocycles. The van der Waals surface area contributed by atoms with Crippen molar-refractivity contribution >= 4 is 5.69 Å². The van der Waals surface area contributed by atoms with Gasteiger partial charge in [-0.15, -0.1) is 0 Å². The molecule has 88 valence electrons. The van der Waals surface area contributed by atoms with Crippen LogP contribution in [0.5, 0.6) is 0 Å². The number of hydrogen-bond donors (Lipinski definition) is 0. The highest BCUT2D eigenvalue weighted by Crippen LogP contribution is 2.61. The van der Waals surface area contributed by atoms with E-state index in [1.807, 2.05) is 0 Å². The first-order valence-corrected chi connectivity index (χ1v) is 6.81. The Balaban J connectivity index is 1.88. The predicted molar refractivity (Wildman–Crippen MR) is 71.4 cm³/mol. The number of rotatable bonds is 0. The maximum atomic E-state index is 2.54. The Labute approximate surface area is 103 Å². The second-order valence-electron chi connectivity index (χ2n) is 5.93. The molecule has 1 heterocycles. The number of benzene rings is 1. The van der Waals surface area contributed by atoms with E-state index in [0.717, 1.165) is 12.0 Å². The van der Waals surface area contributed by atoms with Gasteiger partial charge in [-0.2, -0.15) is 0 Å². The van der Waals surface area contributed by atoms with Crippen LogP contribution in [-0.4, -0.2) is 13.1 Å². The lowest BCUT2D eigenvalue weighted by atomic mass is 9.74. The van der Waals surface area contributed by atoms with Crippen molar-refractivity contribution in [3.63, 3.8) is 0 Å². The van der Waals surface area contributed by atoms with Crippen molar-refractivity contribution in [2.75, 3.05) is 11.9 Å². The molecule has 1 aromatic rings. The molecule has 1 heteroatoms. The van der Waals surface area contributed by atoms with E-state index in [2.05, 4.69) is 48.4 Å². The quantitative estimate of drug-likeness (QED) is 0.608. The van der Waals surface area contributed by atoms with Crippen molar-refractivity contribution in [3.05, 3.63) is 42.0 Å². The summed E-state index contributed by atoms with van der Waals surface area (Å²) in [5.41, 5.74) is 3.57. The topological polar surface area (TPSA) is 3.24 Å². The van der Waals surface area contributed by atoms with Crippen molar-refractivity contribution in [1.82, 2.24) is 0 Å². The van der Waals surface area contributed by atoms with Crippen molar-refractivity contribution < 1.29 is 0 Å². The third-order valence-electron chi connectivity index (χ3n) is 5.29. The zero-order valence-electron chi connectivity index (χ0n) is 10.4. The molecular formula is C16H19N. The molecule has 17 heavy (non-hydrogen) atoms. The summed E-state index contributed by atoms with van der Waals surface area (Å²) < 4.78 is 0. The van der Waals surface area contributed by atoms with E-state index < -0.39 is 0 Å². The highest BCUT2D eigenvalue weighted by molar-refractivity contribution is 5.63. The largest absolute Gasteiger partial charge is 0.371 e. The first-order chi connectivity index (χ1) is 8.32. The molecule has 3 atom stereocenters. The van der Waals surface area contributed by atoms with Crippen molar-refractivity contribution in [2.24, 2.45) is 5.41 Å². The highest BCUT2D eigenvalue weighted by Gasteiger charge is 2.53. The summed E-state index contributed by atoms with van der Waals surface area (Å²) in [4.78, 5) is 2.53. The summed E-state index contributed by atoms with van der Waals surface area (Å²) >= 11 is 0. The van der Waals surface area contributed by atoms with Gasteiger partial charge in [-0.1, -0.05) is 30.4 Å². The molecule has 0 radical (unpaired) electrons. The minimum Gasteiger partial charge on any atom is -0.371 e. The maximum Gasteiger partial charge on any atom is 0.0402 e. The molecule has 4 rings (SSSR count). The normalized spacial score (nSPS) is 37.8. The second-order valence-corrected chi connectivity index (χ2v) is 5.93. The van der Waals surface area contributed by atoms with Gasteiger partial charge >= 0.3 is 0 Å². The minimum absolute atomic E-state index is 0.492. The van der Waals surface area contributed by atoms with Gasteiger partial charge in [-0.05, 0) is 42.7 Å². The van der Waals surface area contributed by atoms with E-state index in [0.29, 0.717) is 5.41 Å². The SMILES string of the molecule is CN1c2ccccc2C2C1CCC21C=CCC1. The number of allylic oxidation sites excluding steroid dienone is 2. The second kappa shape index (κ2) is 3.16. The lowest BCUT2D eigenvalue weighted by molar-refractivity contribution is 0.338. The maximum absolute atomic E-state index is 2.54. The summed E-state index contributed by atoms with van der Waals surface area (Å²) in [7, 11) is 2.28. The number of likely N-dealkylation sites (N-methyl/N-ethyl adjacent to an activating group) is 1. The molecule has 2 aliphatic carbocycles. The van der Waals surface area contributed by atoms with Crippen LogP contribution in [0, 0.1) is 5.41 Å². The molecule has 0 saturated heterocycles. The van der Waals surface area contributed by atoms with Crippen LogP contribution in [-0.2, 0) is 0 Å². The summed E-state index contributed by atoms with van der Waals surface area (Å²) in [6.45, 7) is 0. The Morgan fingerprint density at radius 3 is 2.94 bits per heavy atom. The van der Waals surface area contributed by atoms with Gasteiger partial charge in [0.25, 0.3) is 0 Å². The molecule has 1 fully saturated rings. The van der Waals surface area contributed by atoms with Crippen LogP contribution in [0.2, 0.25) is 0 Å². The van der Waals surface area contributed by atoms with Gasteiger partial charge in [-0.3, -0.25) is 0 Å². The van der Waals surface area contributed by atoms with Crippen LogP contribution in [0.15, 0.2) is 36.4 Å². The summed E-state index contributed by atoms with van der Waals surface area (Å²) in [6, 6.07) is 9.78. The fourth-order valence-electron chi connectivity index (χ4n) is 4.53. The zero-order chi connectivity index (χ0) is 11.5. The fourth-order valence-corrected chi connectivity index (χ4v) is 4.53. The molecule has 1 spiro atoms. The third-order valence-corrected chi connectivity index (χ3v) is 5.29. The van der Waals surface area contributed by atoms with Crippen molar-refractivity contribution in [3.8, 4) is 0 Å². The van der Waals surface area contributed by atoms with Crippen LogP contribution in [0.4, 0.5) is 5.69 Å². The predicted octanol–water partition coefficient (Wildman–Crippen LogP) is 3.72. The lowest BCUT2D eigenvalue weighted by Crippen LogP contribution is -2.30. The molecule has 0 bridgehead atoms. The molecule has 3 aliphatic rings. The number of fused-ring (bicyclic) bond motifs is 4. The Bertz CT molecular complexity index is 490.